The van der Waals surface area contributed by atoms with E-state index < -0.39 is 5.97 Å². The summed E-state index contributed by atoms with van der Waals surface area (Å²) in [6.07, 6.45) is 0. The Hall–Kier alpha value is -1.88. The van der Waals surface area contributed by atoms with Gasteiger partial charge in [0, 0.05) is 6.54 Å². The molecule has 0 heterocycles. The molecule has 0 atom stereocenters. The number of amides is 1. The van der Waals surface area contributed by atoms with Gasteiger partial charge in [-0.05, 0) is 12.5 Å². The third kappa shape index (κ3) is 4.55. The molecule has 1 aromatic carbocycles. The van der Waals surface area contributed by atoms with Crippen LogP contribution in [0.5, 0.6) is 0 Å². The van der Waals surface area contributed by atoms with Gasteiger partial charge in [0.2, 0.25) is 5.91 Å². The number of esters is 1. The summed E-state index contributed by atoms with van der Waals surface area (Å²) in [6, 6.07) is 9.43. The van der Waals surface area contributed by atoms with E-state index in [0.29, 0.717) is 13.2 Å². The molecule has 1 rings (SSSR count). The number of ether oxygens (including phenoxy) is 1. The van der Waals surface area contributed by atoms with Crippen LogP contribution in [0.4, 0.5) is 0 Å². The van der Waals surface area contributed by atoms with Crippen LogP contribution in [-0.4, -0.2) is 36.5 Å². The van der Waals surface area contributed by atoms with Crippen molar-refractivity contribution in [3.8, 4) is 0 Å². The SMILES string of the molecule is CCOC(=O)CN(Cc1ccccc1)C(=O)CN. The number of nitrogens with zero attached hydrogens (tertiary/aromatic N) is 1. The van der Waals surface area contributed by atoms with E-state index in [-0.39, 0.29) is 19.0 Å². The van der Waals surface area contributed by atoms with Gasteiger partial charge in [-0.2, -0.15) is 0 Å². The van der Waals surface area contributed by atoms with Crippen LogP contribution in [0.25, 0.3) is 0 Å². The van der Waals surface area contributed by atoms with Crippen molar-refractivity contribution in [1.82, 2.24) is 4.90 Å². The smallest absolute Gasteiger partial charge is 0.325 e. The molecule has 0 aliphatic heterocycles. The van der Waals surface area contributed by atoms with Crippen LogP contribution in [0.3, 0.4) is 0 Å². The molecular weight excluding hydrogens is 232 g/mol. The average molecular weight is 250 g/mol. The van der Waals surface area contributed by atoms with Crippen LogP contribution in [0.15, 0.2) is 30.3 Å². The first kappa shape index (κ1) is 14.2. The molecule has 0 unspecified atom stereocenters. The number of carbonyl (C=O) groups is 2. The Labute approximate surface area is 107 Å². The highest BCUT2D eigenvalue weighted by Gasteiger charge is 2.16. The summed E-state index contributed by atoms with van der Waals surface area (Å²) in [5.74, 6) is -0.692. The lowest BCUT2D eigenvalue weighted by Gasteiger charge is -2.21. The molecule has 0 fully saturated rings. The third-order valence-corrected chi connectivity index (χ3v) is 2.37. The number of hydrogen-bond donors (Lipinski definition) is 1. The van der Waals surface area contributed by atoms with Crippen molar-refractivity contribution in [3.63, 3.8) is 0 Å². The molecule has 0 radical (unpaired) electrons. The highest BCUT2D eigenvalue weighted by atomic mass is 16.5. The first-order valence-corrected chi connectivity index (χ1v) is 5.84. The summed E-state index contributed by atoms with van der Waals surface area (Å²) < 4.78 is 4.83. The number of carbonyl (C=O) groups excluding carboxylic acids is 2. The quantitative estimate of drug-likeness (QED) is 0.748. The van der Waals surface area contributed by atoms with Crippen molar-refractivity contribution in [2.75, 3.05) is 19.7 Å². The molecule has 0 aromatic heterocycles. The van der Waals surface area contributed by atoms with Crippen molar-refractivity contribution in [3.05, 3.63) is 35.9 Å². The van der Waals surface area contributed by atoms with Gasteiger partial charge in [0.15, 0.2) is 0 Å². The molecule has 1 amide bonds. The second kappa shape index (κ2) is 7.45. The summed E-state index contributed by atoms with van der Waals surface area (Å²) in [4.78, 5) is 24.5. The second-order valence-corrected chi connectivity index (χ2v) is 3.74. The second-order valence-electron chi connectivity index (χ2n) is 3.74. The molecule has 2 N–H and O–H groups in total. The molecule has 0 aliphatic carbocycles. The summed E-state index contributed by atoms with van der Waals surface area (Å²) in [6.45, 7) is 2.19. The Morgan fingerprint density at radius 3 is 2.50 bits per heavy atom. The van der Waals surface area contributed by atoms with Crippen LogP contribution < -0.4 is 5.73 Å². The van der Waals surface area contributed by atoms with Crippen molar-refractivity contribution in [2.24, 2.45) is 5.73 Å². The van der Waals surface area contributed by atoms with Crippen LogP contribution in [0, 0.1) is 0 Å². The lowest BCUT2D eigenvalue weighted by Crippen LogP contribution is -2.39. The van der Waals surface area contributed by atoms with Gasteiger partial charge in [-0.1, -0.05) is 30.3 Å². The molecule has 0 saturated carbocycles. The Kier molecular flexibility index (Phi) is 5.87. The maximum atomic E-state index is 11.6. The fourth-order valence-electron chi connectivity index (χ4n) is 1.53. The molecule has 5 nitrogen and oxygen atoms in total. The molecule has 1 aromatic rings. The van der Waals surface area contributed by atoms with Crippen LogP contribution in [-0.2, 0) is 20.9 Å². The average Bonchev–Trinajstić information content (AvgIpc) is 2.38. The van der Waals surface area contributed by atoms with Gasteiger partial charge >= 0.3 is 5.97 Å². The molecule has 18 heavy (non-hydrogen) atoms. The van der Waals surface area contributed by atoms with E-state index in [2.05, 4.69) is 0 Å². The van der Waals surface area contributed by atoms with Crippen molar-refractivity contribution < 1.29 is 14.3 Å². The predicted molar refractivity (Wildman–Crippen MR) is 67.5 cm³/mol. The monoisotopic (exact) mass is 250 g/mol. The van der Waals surface area contributed by atoms with Crippen molar-refractivity contribution in [1.29, 1.82) is 0 Å². The zero-order valence-corrected chi connectivity index (χ0v) is 10.5. The van der Waals surface area contributed by atoms with Crippen molar-refractivity contribution >= 4 is 11.9 Å². The summed E-state index contributed by atoms with van der Waals surface area (Å²) >= 11 is 0. The number of rotatable bonds is 6. The van der Waals surface area contributed by atoms with Crippen LogP contribution in [0.2, 0.25) is 0 Å². The Bertz CT molecular complexity index is 392. The van der Waals surface area contributed by atoms with Crippen LogP contribution in [0.1, 0.15) is 12.5 Å². The standard InChI is InChI=1S/C13H18N2O3/c1-2-18-13(17)10-15(12(16)8-14)9-11-6-4-3-5-7-11/h3-7H,2,8-10,14H2,1H3. The van der Waals surface area contributed by atoms with E-state index in [1.165, 1.54) is 4.90 Å². The minimum Gasteiger partial charge on any atom is -0.465 e. The molecule has 0 aliphatic rings. The first-order valence-electron chi connectivity index (χ1n) is 5.84. The van der Waals surface area contributed by atoms with E-state index in [0.717, 1.165) is 5.56 Å². The molecule has 98 valence electrons. The molecule has 5 heteroatoms. The van der Waals surface area contributed by atoms with Gasteiger partial charge in [-0.25, -0.2) is 0 Å². The topological polar surface area (TPSA) is 72.6 Å². The summed E-state index contributed by atoms with van der Waals surface area (Å²) in [5, 5.41) is 0. The fourth-order valence-corrected chi connectivity index (χ4v) is 1.53. The van der Waals surface area contributed by atoms with Gasteiger partial charge in [0.1, 0.15) is 6.54 Å². The molecular formula is C13H18N2O3. The fraction of sp³-hybridized carbons (Fsp3) is 0.385. The van der Waals surface area contributed by atoms with Gasteiger partial charge in [-0.3, -0.25) is 9.59 Å². The Balaban J connectivity index is 2.67. The first-order chi connectivity index (χ1) is 8.67. The van der Waals surface area contributed by atoms with Gasteiger partial charge in [0.25, 0.3) is 0 Å². The maximum Gasteiger partial charge on any atom is 0.325 e. The van der Waals surface area contributed by atoms with E-state index in [4.69, 9.17) is 10.5 Å². The lowest BCUT2D eigenvalue weighted by atomic mass is 10.2. The highest BCUT2D eigenvalue weighted by Crippen LogP contribution is 2.04. The lowest BCUT2D eigenvalue weighted by molar-refractivity contribution is -0.148. The number of benzene rings is 1. The molecule has 0 spiro atoms. The summed E-state index contributed by atoms with van der Waals surface area (Å²) in [7, 11) is 0. The zero-order chi connectivity index (χ0) is 13.4. The van der Waals surface area contributed by atoms with E-state index >= 15 is 0 Å². The van der Waals surface area contributed by atoms with Crippen molar-refractivity contribution in [2.45, 2.75) is 13.5 Å². The van der Waals surface area contributed by atoms with E-state index in [1.54, 1.807) is 6.92 Å². The van der Waals surface area contributed by atoms with E-state index in [9.17, 15) is 9.59 Å². The normalized spacial score (nSPS) is 9.89. The van der Waals surface area contributed by atoms with Gasteiger partial charge < -0.3 is 15.4 Å². The van der Waals surface area contributed by atoms with E-state index in [1.807, 2.05) is 30.3 Å². The number of nitrogens with two attached hydrogens (primary N) is 1. The third-order valence-electron chi connectivity index (χ3n) is 2.37. The number of hydrogen-bond acceptors (Lipinski definition) is 4. The largest absolute Gasteiger partial charge is 0.465 e. The predicted octanol–water partition coefficient (Wildman–Crippen LogP) is 0.537. The van der Waals surface area contributed by atoms with Crippen LogP contribution >= 0.6 is 0 Å². The molecule has 0 saturated heterocycles. The molecule has 0 bridgehead atoms. The summed E-state index contributed by atoms with van der Waals surface area (Å²) in [5.41, 5.74) is 6.28. The van der Waals surface area contributed by atoms with Gasteiger partial charge in [0.05, 0.1) is 13.2 Å². The zero-order valence-electron chi connectivity index (χ0n) is 10.5. The highest BCUT2D eigenvalue weighted by molar-refractivity contribution is 5.83. The Morgan fingerprint density at radius 2 is 1.94 bits per heavy atom. The maximum absolute atomic E-state index is 11.6. The minimum atomic E-state index is -0.421. The Morgan fingerprint density at radius 1 is 1.28 bits per heavy atom. The minimum absolute atomic E-state index is 0.0707. The van der Waals surface area contributed by atoms with Gasteiger partial charge in [-0.15, -0.1) is 0 Å².